The molecule has 0 bridgehead atoms. The van der Waals surface area contributed by atoms with Gasteiger partial charge in [-0.25, -0.2) is 0 Å². The summed E-state index contributed by atoms with van der Waals surface area (Å²) in [6, 6.07) is 9.47. The van der Waals surface area contributed by atoms with Crippen molar-refractivity contribution in [3.63, 3.8) is 0 Å². The van der Waals surface area contributed by atoms with Gasteiger partial charge in [-0.1, -0.05) is 12.1 Å². The molecule has 0 aliphatic heterocycles. The van der Waals surface area contributed by atoms with E-state index in [2.05, 4.69) is 31.2 Å². The molecule has 1 N–H and O–H groups in total. The van der Waals surface area contributed by atoms with E-state index in [4.69, 9.17) is 4.74 Å². The van der Waals surface area contributed by atoms with E-state index < -0.39 is 0 Å². The van der Waals surface area contributed by atoms with Crippen LogP contribution in [-0.4, -0.2) is 22.3 Å². The Balaban J connectivity index is 2.13. The number of hydrogen-bond acceptors (Lipinski definition) is 3. The lowest BCUT2D eigenvalue weighted by atomic mass is 10.1. The van der Waals surface area contributed by atoms with Crippen LogP contribution in [-0.2, 0) is 16.9 Å². The van der Waals surface area contributed by atoms with Gasteiger partial charge in [-0.2, -0.15) is 5.10 Å². The van der Waals surface area contributed by atoms with Gasteiger partial charge < -0.3 is 10.1 Å². The highest BCUT2D eigenvalue weighted by Gasteiger charge is 2.20. The molecule has 2 rings (SSSR count). The summed E-state index contributed by atoms with van der Waals surface area (Å²) in [6.45, 7) is 11.3. The summed E-state index contributed by atoms with van der Waals surface area (Å²) in [7, 11) is 0. The number of amides is 1. The van der Waals surface area contributed by atoms with Gasteiger partial charge in [0.1, 0.15) is 0 Å². The first-order valence-corrected chi connectivity index (χ1v) is 7.86. The molecule has 0 spiro atoms. The van der Waals surface area contributed by atoms with Crippen molar-refractivity contribution in [3.8, 4) is 0 Å². The number of hydrogen-bond donors (Lipinski definition) is 1. The minimum absolute atomic E-state index is 0.153. The maximum atomic E-state index is 12.4. The van der Waals surface area contributed by atoms with Crippen LogP contribution in [0.1, 0.15) is 49.4 Å². The molecule has 5 nitrogen and oxygen atoms in total. The van der Waals surface area contributed by atoms with E-state index in [0.717, 1.165) is 16.9 Å². The van der Waals surface area contributed by atoms with Crippen LogP contribution in [0.5, 0.6) is 0 Å². The number of nitrogens with zero attached hydrogens (tertiary/aromatic N) is 2. The van der Waals surface area contributed by atoms with E-state index in [0.29, 0.717) is 18.9 Å². The van der Waals surface area contributed by atoms with E-state index >= 15 is 0 Å². The maximum absolute atomic E-state index is 12.4. The number of carbonyl (C=O) groups is 1. The summed E-state index contributed by atoms with van der Waals surface area (Å²) < 4.78 is 7.26. The van der Waals surface area contributed by atoms with Crippen LogP contribution in [0.25, 0.3) is 0 Å². The first-order valence-electron chi connectivity index (χ1n) is 7.86. The molecular weight excluding hydrogens is 290 g/mol. The Morgan fingerprint density at radius 3 is 2.65 bits per heavy atom. The summed E-state index contributed by atoms with van der Waals surface area (Å²) in [5, 5.41) is 7.33. The number of ether oxygens (including phenoxy) is 1. The number of aryl methyl sites for hydroxylation is 1. The predicted octanol–water partition coefficient (Wildman–Crippen LogP) is 3.74. The topological polar surface area (TPSA) is 56.1 Å². The van der Waals surface area contributed by atoms with E-state index in [9.17, 15) is 4.79 Å². The van der Waals surface area contributed by atoms with Gasteiger partial charge in [-0.15, -0.1) is 0 Å². The number of anilines is 1. The van der Waals surface area contributed by atoms with Gasteiger partial charge in [-0.3, -0.25) is 9.48 Å². The molecule has 5 heteroatoms. The lowest BCUT2D eigenvalue weighted by Crippen LogP contribution is -2.25. The molecule has 0 atom stereocenters. The zero-order valence-corrected chi connectivity index (χ0v) is 14.5. The lowest BCUT2D eigenvalue weighted by Gasteiger charge is -2.21. The fraction of sp³-hybridized carbons (Fsp3) is 0.444. The summed E-state index contributed by atoms with van der Waals surface area (Å²) in [5.41, 5.74) is 3.01. The Morgan fingerprint density at radius 1 is 1.30 bits per heavy atom. The summed E-state index contributed by atoms with van der Waals surface area (Å²) in [6.07, 6.45) is 0. The fourth-order valence-electron chi connectivity index (χ4n) is 2.42. The third-order valence-corrected chi connectivity index (χ3v) is 3.41. The molecule has 1 heterocycles. The first-order chi connectivity index (χ1) is 10.8. The van der Waals surface area contributed by atoms with Crippen molar-refractivity contribution in [1.82, 2.24) is 9.78 Å². The third-order valence-electron chi connectivity index (χ3n) is 3.41. The molecule has 2 aromatic rings. The molecular formula is C18H25N3O2. The van der Waals surface area contributed by atoms with Crippen LogP contribution in [0.4, 0.5) is 5.69 Å². The monoisotopic (exact) mass is 315 g/mol. The number of nitrogens with one attached hydrogen (secondary N) is 1. The summed E-state index contributed by atoms with van der Waals surface area (Å²) >= 11 is 0. The quantitative estimate of drug-likeness (QED) is 0.914. The van der Waals surface area contributed by atoms with Crippen LogP contribution in [0, 0.1) is 6.92 Å². The van der Waals surface area contributed by atoms with Crippen molar-refractivity contribution < 1.29 is 9.53 Å². The molecule has 0 radical (unpaired) electrons. The number of aromatic nitrogens is 2. The van der Waals surface area contributed by atoms with E-state index in [1.165, 1.54) is 0 Å². The van der Waals surface area contributed by atoms with Crippen LogP contribution < -0.4 is 5.32 Å². The smallest absolute Gasteiger partial charge is 0.276 e. The second-order valence-corrected chi connectivity index (χ2v) is 6.55. The zero-order valence-electron chi connectivity index (χ0n) is 14.5. The Hall–Kier alpha value is -2.14. The second-order valence-electron chi connectivity index (χ2n) is 6.55. The zero-order chi connectivity index (χ0) is 17.0. The molecule has 0 aliphatic rings. The highest BCUT2D eigenvalue weighted by molar-refractivity contribution is 6.02. The van der Waals surface area contributed by atoms with Gasteiger partial charge >= 0.3 is 0 Å². The molecule has 1 amide bonds. The molecule has 0 unspecified atom stereocenters. The Labute approximate surface area is 137 Å². The fourth-order valence-corrected chi connectivity index (χ4v) is 2.42. The molecule has 0 saturated carbocycles. The molecule has 0 saturated heterocycles. The molecule has 0 aliphatic carbocycles. The summed E-state index contributed by atoms with van der Waals surface area (Å²) in [4.78, 5) is 12.4. The van der Waals surface area contributed by atoms with Crippen LogP contribution in [0.2, 0.25) is 0 Å². The van der Waals surface area contributed by atoms with Gasteiger partial charge in [0.25, 0.3) is 5.91 Å². The Bertz CT molecular complexity index is 684. The van der Waals surface area contributed by atoms with Gasteiger partial charge in [0.2, 0.25) is 0 Å². The Morgan fingerprint density at radius 2 is 2.04 bits per heavy atom. The van der Waals surface area contributed by atoms with Crippen molar-refractivity contribution in [2.45, 2.75) is 46.8 Å². The number of rotatable bonds is 5. The third kappa shape index (κ3) is 4.42. The van der Waals surface area contributed by atoms with Gasteiger partial charge in [0.05, 0.1) is 12.1 Å². The van der Waals surface area contributed by atoms with Crippen molar-refractivity contribution in [3.05, 3.63) is 47.3 Å². The van der Waals surface area contributed by atoms with Gasteiger partial charge in [0.15, 0.2) is 5.69 Å². The molecule has 23 heavy (non-hydrogen) atoms. The highest BCUT2D eigenvalue weighted by atomic mass is 16.5. The van der Waals surface area contributed by atoms with E-state index in [1.54, 1.807) is 0 Å². The largest absolute Gasteiger partial charge is 0.377 e. The van der Waals surface area contributed by atoms with Crippen LogP contribution in [0.15, 0.2) is 30.3 Å². The van der Waals surface area contributed by atoms with Crippen molar-refractivity contribution in [2.75, 3.05) is 11.9 Å². The van der Waals surface area contributed by atoms with Crippen molar-refractivity contribution in [1.29, 1.82) is 0 Å². The minimum Gasteiger partial charge on any atom is -0.377 e. The van der Waals surface area contributed by atoms with Crippen LogP contribution >= 0.6 is 0 Å². The van der Waals surface area contributed by atoms with Gasteiger partial charge in [0, 0.05) is 18.0 Å². The predicted molar refractivity (Wildman–Crippen MR) is 91.7 cm³/mol. The van der Waals surface area contributed by atoms with Crippen molar-refractivity contribution >= 4 is 11.6 Å². The van der Waals surface area contributed by atoms with Crippen molar-refractivity contribution in [2.24, 2.45) is 0 Å². The summed E-state index contributed by atoms with van der Waals surface area (Å²) in [5.74, 6) is -0.204. The van der Waals surface area contributed by atoms with Crippen LogP contribution in [0.3, 0.4) is 0 Å². The van der Waals surface area contributed by atoms with E-state index in [1.807, 2.05) is 48.9 Å². The van der Waals surface area contributed by atoms with E-state index in [-0.39, 0.29) is 11.4 Å². The van der Waals surface area contributed by atoms with Gasteiger partial charge in [-0.05, 0) is 58.4 Å². The number of carbonyl (C=O) groups excluding carboxylic acids is 1. The molecule has 1 aromatic heterocycles. The second kappa shape index (κ2) is 6.96. The maximum Gasteiger partial charge on any atom is 0.276 e. The normalized spacial score (nSPS) is 11.5. The number of benzene rings is 1. The average molecular weight is 315 g/mol. The molecule has 1 aromatic carbocycles. The molecule has 0 fully saturated rings. The minimum atomic E-state index is -0.204. The Kier molecular flexibility index (Phi) is 5.21. The first kappa shape index (κ1) is 17.2. The lowest BCUT2D eigenvalue weighted by molar-refractivity contribution is 0.102. The highest BCUT2D eigenvalue weighted by Crippen LogP contribution is 2.18. The molecule has 124 valence electrons. The SMILES string of the molecule is CCOCc1cccc(NC(=O)c2cc(C)n(C(C)(C)C)n2)c1. The standard InChI is InChI=1S/C18H25N3O2/c1-6-23-12-14-8-7-9-15(11-14)19-17(22)16-10-13(2)21(20-16)18(3,4)5/h7-11H,6,12H2,1-5H3,(H,19,22). The average Bonchev–Trinajstić information content (AvgIpc) is 2.88.